The van der Waals surface area contributed by atoms with Crippen LogP contribution < -0.4 is 15.2 Å². The lowest BCUT2D eigenvalue weighted by Gasteiger charge is -2.41. The number of ether oxygens (including phenoxy) is 2. The van der Waals surface area contributed by atoms with Gasteiger partial charge in [-0.1, -0.05) is 29.8 Å². The van der Waals surface area contributed by atoms with Crippen LogP contribution in [0.5, 0.6) is 11.5 Å². The van der Waals surface area contributed by atoms with Crippen molar-refractivity contribution < 1.29 is 19.1 Å². The number of primary amides is 1. The zero-order valence-corrected chi connectivity index (χ0v) is 18.6. The minimum atomic E-state index is -0.382. The summed E-state index contributed by atoms with van der Waals surface area (Å²) in [6.45, 7) is 2.31. The Morgan fingerprint density at radius 1 is 1.06 bits per heavy atom. The molecule has 0 radical (unpaired) electrons. The number of nitrogens with zero attached hydrogens (tertiary/aromatic N) is 2. The highest BCUT2D eigenvalue weighted by Gasteiger charge is 2.30. The molecule has 7 nitrogen and oxygen atoms in total. The lowest BCUT2D eigenvalue weighted by atomic mass is 10.0. The number of carbonyl (C=O) groups is 2. The molecule has 2 aromatic rings. The van der Waals surface area contributed by atoms with Crippen molar-refractivity contribution in [1.82, 2.24) is 9.80 Å². The Bertz CT molecular complexity index is 920. The van der Waals surface area contributed by atoms with Gasteiger partial charge in [-0.05, 0) is 35.4 Å². The fraction of sp³-hybridized carbons (Fsp3) is 0.391. The molecule has 1 atom stereocenters. The van der Waals surface area contributed by atoms with Crippen LogP contribution >= 0.6 is 11.6 Å². The number of benzene rings is 2. The van der Waals surface area contributed by atoms with Crippen LogP contribution in [-0.2, 0) is 22.6 Å². The number of hydrogen-bond acceptors (Lipinski definition) is 5. The maximum Gasteiger partial charge on any atom is 0.227 e. The molecule has 2 amide bonds. The van der Waals surface area contributed by atoms with E-state index in [0.717, 1.165) is 16.9 Å². The van der Waals surface area contributed by atoms with Gasteiger partial charge in [-0.25, -0.2) is 0 Å². The molecule has 0 bridgehead atoms. The number of methoxy groups -OCH3 is 2. The first-order valence-electron chi connectivity index (χ1n) is 10.1. The first kappa shape index (κ1) is 22.9. The van der Waals surface area contributed by atoms with Crippen molar-refractivity contribution in [2.75, 3.05) is 33.9 Å². The molecule has 3 rings (SSSR count). The van der Waals surface area contributed by atoms with Crippen molar-refractivity contribution in [2.45, 2.75) is 25.4 Å². The van der Waals surface area contributed by atoms with Crippen LogP contribution in [0.25, 0.3) is 0 Å². The van der Waals surface area contributed by atoms with Gasteiger partial charge in [0.05, 0.1) is 25.7 Å². The predicted molar refractivity (Wildman–Crippen MR) is 119 cm³/mol. The van der Waals surface area contributed by atoms with Crippen LogP contribution in [0.15, 0.2) is 42.5 Å². The molecule has 8 heteroatoms. The minimum Gasteiger partial charge on any atom is -0.497 e. The Morgan fingerprint density at radius 3 is 2.39 bits per heavy atom. The minimum absolute atomic E-state index is 0.0341. The summed E-state index contributed by atoms with van der Waals surface area (Å²) >= 11 is 6.25. The third-order valence-corrected chi connectivity index (χ3v) is 5.81. The van der Waals surface area contributed by atoms with Gasteiger partial charge in [0, 0.05) is 38.6 Å². The van der Waals surface area contributed by atoms with Gasteiger partial charge in [-0.2, -0.15) is 0 Å². The number of rotatable bonds is 8. The number of amides is 2. The Balaban J connectivity index is 1.66. The highest BCUT2D eigenvalue weighted by molar-refractivity contribution is 6.32. The Morgan fingerprint density at radius 2 is 1.77 bits per heavy atom. The SMILES string of the molecule is COc1ccc(CC(=O)N2CCN(Cc3ccc(OC)c(Cl)c3)C(CC(N)=O)C2)cc1. The van der Waals surface area contributed by atoms with Crippen LogP contribution in [0.1, 0.15) is 17.5 Å². The van der Waals surface area contributed by atoms with Crippen molar-refractivity contribution in [1.29, 1.82) is 0 Å². The monoisotopic (exact) mass is 445 g/mol. The molecule has 0 saturated carbocycles. The summed E-state index contributed by atoms with van der Waals surface area (Å²) < 4.78 is 10.4. The normalized spacial score (nSPS) is 16.7. The van der Waals surface area contributed by atoms with E-state index in [2.05, 4.69) is 4.90 Å². The molecular formula is C23H28ClN3O4. The lowest BCUT2D eigenvalue weighted by molar-refractivity contribution is -0.135. The summed E-state index contributed by atoms with van der Waals surface area (Å²) in [5.74, 6) is 1.03. The maximum atomic E-state index is 12.9. The average molecular weight is 446 g/mol. The number of carbonyl (C=O) groups excluding carboxylic acids is 2. The van der Waals surface area contributed by atoms with Gasteiger partial charge in [-0.3, -0.25) is 14.5 Å². The van der Waals surface area contributed by atoms with E-state index in [1.165, 1.54) is 0 Å². The quantitative estimate of drug-likeness (QED) is 0.674. The fourth-order valence-electron chi connectivity index (χ4n) is 3.83. The molecule has 2 aromatic carbocycles. The summed E-state index contributed by atoms with van der Waals surface area (Å²) in [7, 11) is 3.18. The Hall–Kier alpha value is -2.77. The van der Waals surface area contributed by atoms with E-state index in [-0.39, 0.29) is 24.3 Å². The Kier molecular flexibility index (Phi) is 7.76. The van der Waals surface area contributed by atoms with E-state index >= 15 is 0 Å². The molecule has 2 N–H and O–H groups in total. The fourth-order valence-corrected chi connectivity index (χ4v) is 4.11. The number of piperazine rings is 1. The number of nitrogens with two attached hydrogens (primary N) is 1. The van der Waals surface area contributed by atoms with Crippen LogP contribution in [0, 0.1) is 0 Å². The molecule has 1 heterocycles. The second kappa shape index (κ2) is 10.5. The van der Waals surface area contributed by atoms with Gasteiger partial charge in [0.1, 0.15) is 11.5 Å². The van der Waals surface area contributed by atoms with Gasteiger partial charge < -0.3 is 20.1 Å². The van der Waals surface area contributed by atoms with Gasteiger partial charge in [0.15, 0.2) is 0 Å². The smallest absolute Gasteiger partial charge is 0.227 e. The summed E-state index contributed by atoms with van der Waals surface area (Å²) in [6, 6.07) is 13.0. The molecule has 1 unspecified atom stereocenters. The predicted octanol–water partition coefficient (Wildman–Crippen LogP) is 2.49. The largest absolute Gasteiger partial charge is 0.497 e. The summed E-state index contributed by atoms with van der Waals surface area (Å²) in [5, 5.41) is 0.541. The van der Waals surface area contributed by atoms with E-state index in [0.29, 0.717) is 43.4 Å². The molecule has 0 spiro atoms. The molecule has 0 aliphatic carbocycles. The molecule has 166 valence electrons. The third-order valence-electron chi connectivity index (χ3n) is 5.51. The zero-order valence-electron chi connectivity index (χ0n) is 17.8. The Labute approximate surface area is 187 Å². The second-order valence-corrected chi connectivity index (χ2v) is 8.04. The molecule has 1 saturated heterocycles. The van der Waals surface area contributed by atoms with Gasteiger partial charge in [0.2, 0.25) is 11.8 Å². The highest BCUT2D eigenvalue weighted by atomic mass is 35.5. The first-order valence-corrected chi connectivity index (χ1v) is 10.5. The van der Waals surface area contributed by atoms with E-state index in [4.69, 9.17) is 26.8 Å². The van der Waals surface area contributed by atoms with Crippen LogP contribution in [0.3, 0.4) is 0 Å². The standard InChI is InChI=1S/C23H28ClN3O4/c1-30-19-6-3-16(4-7-19)12-23(29)27-10-9-26(18(15-27)13-22(25)28)14-17-5-8-21(31-2)20(24)11-17/h3-8,11,18H,9-10,12-15H2,1-2H3,(H2,25,28). The summed E-state index contributed by atoms with van der Waals surface area (Å²) in [5.41, 5.74) is 7.43. The van der Waals surface area contributed by atoms with Crippen molar-refractivity contribution >= 4 is 23.4 Å². The summed E-state index contributed by atoms with van der Waals surface area (Å²) in [4.78, 5) is 28.5. The molecule has 1 aliphatic rings. The number of halogens is 1. The van der Waals surface area contributed by atoms with Gasteiger partial charge >= 0.3 is 0 Å². The zero-order chi connectivity index (χ0) is 22.4. The second-order valence-electron chi connectivity index (χ2n) is 7.63. The van der Waals surface area contributed by atoms with Crippen molar-refractivity contribution in [3.63, 3.8) is 0 Å². The van der Waals surface area contributed by atoms with Crippen molar-refractivity contribution in [2.24, 2.45) is 5.73 Å². The summed E-state index contributed by atoms with van der Waals surface area (Å²) in [6.07, 6.45) is 0.498. The van der Waals surface area contributed by atoms with E-state index < -0.39 is 0 Å². The van der Waals surface area contributed by atoms with Crippen LogP contribution in [0.4, 0.5) is 0 Å². The molecule has 1 fully saturated rings. The molecule has 0 aromatic heterocycles. The number of hydrogen-bond donors (Lipinski definition) is 1. The topological polar surface area (TPSA) is 85.1 Å². The third kappa shape index (κ3) is 6.12. The maximum absolute atomic E-state index is 12.9. The van der Waals surface area contributed by atoms with Gasteiger partial charge in [0.25, 0.3) is 0 Å². The molecular weight excluding hydrogens is 418 g/mol. The van der Waals surface area contributed by atoms with E-state index in [9.17, 15) is 9.59 Å². The van der Waals surface area contributed by atoms with Crippen LogP contribution in [-0.4, -0.2) is 61.5 Å². The van der Waals surface area contributed by atoms with Crippen molar-refractivity contribution in [3.8, 4) is 11.5 Å². The first-order chi connectivity index (χ1) is 14.9. The van der Waals surface area contributed by atoms with E-state index in [1.807, 2.05) is 47.4 Å². The van der Waals surface area contributed by atoms with Gasteiger partial charge in [-0.15, -0.1) is 0 Å². The van der Waals surface area contributed by atoms with Crippen LogP contribution in [0.2, 0.25) is 5.02 Å². The molecule has 31 heavy (non-hydrogen) atoms. The molecule has 1 aliphatic heterocycles. The average Bonchev–Trinajstić information content (AvgIpc) is 2.75. The van der Waals surface area contributed by atoms with Crippen molar-refractivity contribution in [3.05, 3.63) is 58.6 Å². The van der Waals surface area contributed by atoms with E-state index in [1.54, 1.807) is 14.2 Å². The lowest BCUT2D eigenvalue weighted by Crippen LogP contribution is -2.55. The highest BCUT2D eigenvalue weighted by Crippen LogP contribution is 2.26.